The number of aromatic nitrogens is 3. The van der Waals surface area contributed by atoms with E-state index in [1.165, 1.54) is 15.4 Å². The Hall–Kier alpha value is -2.29. The first-order chi connectivity index (χ1) is 9.74. The first kappa shape index (κ1) is 15.1. The molecule has 0 fully saturated rings. The van der Waals surface area contributed by atoms with Gasteiger partial charge in [-0.15, -0.1) is 0 Å². The van der Waals surface area contributed by atoms with Crippen LogP contribution in [0.4, 0.5) is 5.69 Å². The fraction of sp³-hybridized carbons (Fsp3) is 0.333. The SMILES string of the molecule is CCn1cc(S(=O)(=O)Nc2cn(C)nc2C)cc1C(=O)O. The van der Waals surface area contributed by atoms with Gasteiger partial charge in [0.25, 0.3) is 10.0 Å². The van der Waals surface area contributed by atoms with Gasteiger partial charge < -0.3 is 9.67 Å². The smallest absolute Gasteiger partial charge is 0.352 e. The Morgan fingerprint density at radius 3 is 2.52 bits per heavy atom. The Bertz CT molecular complexity index is 788. The van der Waals surface area contributed by atoms with Crippen molar-refractivity contribution >= 4 is 21.7 Å². The molecule has 8 nitrogen and oxygen atoms in total. The Kier molecular flexibility index (Phi) is 3.77. The second-order valence-corrected chi connectivity index (χ2v) is 6.24. The van der Waals surface area contributed by atoms with Crippen LogP contribution in [-0.2, 0) is 23.6 Å². The topological polar surface area (TPSA) is 106 Å². The highest BCUT2D eigenvalue weighted by Crippen LogP contribution is 2.20. The van der Waals surface area contributed by atoms with Crippen molar-refractivity contribution < 1.29 is 18.3 Å². The van der Waals surface area contributed by atoms with Crippen molar-refractivity contribution in [1.29, 1.82) is 0 Å². The van der Waals surface area contributed by atoms with Crippen molar-refractivity contribution in [2.45, 2.75) is 25.3 Å². The first-order valence-corrected chi connectivity index (χ1v) is 7.69. The number of aromatic carboxylic acids is 1. The van der Waals surface area contributed by atoms with Crippen molar-refractivity contribution in [1.82, 2.24) is 14.3 Å². The zero-order chi connectivity index (χ0) is 15.8. The maximum absolute atomic E-state index is 12.3. The fourth-order valence-electron chi connectivity index (χ4n) is 1.97. The molecule has 2 aromatic rings. The van der Waals surface area contributed by atoms with Crippen LogP contribution >= 0.6 is 0 Å². The number of nitrogens with zero attached hydrogens (tertiary/aromatic N) is 3. The monoisotopic (exact) mass is 312 g/mol. The Morgan fingerprint density at radius 2 is 2.10 bits per heavy atom. The van der Waals surface area contributed by atoms with Crippen molar-refractivity contribution in [3.05, 3.63) is 29.8 Å². The third-order valence-corrected chi connectivity index (χ3v) is 4.33. The number of rotatable bonds is 5. The molecule has 9 heteroatoms. The maximum Gasteiger partial charge on any atom is 0.352 e. The van der Waals surface area contributed by atoms with E-state index in [1.54, 1.807) is 27.1 Å². The van der Waals surface area contributed by atoms with E-state index in [0.717, 1.165) is 6.07 Å². The highest BCUT2D eigenvalue weighted by molar-refractivity contribution is 7.92. The molecule has 0 aliphatic heterocycles. The van der Waals surface area contributed by atoms with Gasteiger partial charge in [0.05, 0.1) is 11.4 Å². The first-order valence-electron chi connectivity index (χ1n) is 6.21. The minimum absolute atomic E-state index is 0.0687. The highest BCUT2D eigenvalue weighted by Gasteiger charge is 2.22. The molecule has 2 N–H and O–H groups in total. The summed E-state index contributed by atoms with van der Waals surface area (Å²) in [5, 5.41) is 13.1. The Balaban J connectivity index is 2.40. The van der Waals surface area contributed by atoms with Crippen LogP contribution in [0.25, 0.3) is 0 Å². The predicted molar refractivity (Wildman–Crippen MR) is 75.8 cm³/mol. The van der Waals surface area contributed by atoms with Gasteiger partial charge in [-0.05, 0) is 19.9 Å². The van der Waals surface area contributed by atoms with Crippen molar-refractivity contribution in [3.63, 3.8) is 0 Å². The van der Waals surface area contributed by atoms with E-state index in [2.05, 4.69) is 9.82 Å². The summed E-state index contributed by atoms with van der Waals surface area (Å²) < 4.78 is 29.9. The van der Waals surface area contributed by atoms with Crippen molar-refractivity contribution in [2.24, 2.45) is 7.05 Å². The lowest BCUT2D eigenvalue weighted by Gasteiger charge is -2.04. The van der Waals surface area contributed by atoms with Gasteiger partial charge in [0.1, 0.15) is 10.6 Å². The van der Waals surface area contributed by atoms with Gasteiger partial charge in [0.15, 0.2) is 0 Å². The molecule has 0 aliphatic rings. The average Bonchev–Trinajstić information content (AvgIpc) is 2.93. The van der Waals surface area contributed by atoms with Gasteiger partial charge in [0.2, 0.25) is 0 Å². The van der Waals surface area contributed by atoms with Crippen LogP contribution in [-0.4, -0.2) is 33.8 Å². The molecule has 21 heavy (non-hydrogen) atoms. The Labute approximate surface area is 122 Å². The van der Waals surface area contributed by atoms with Gasteiger partial charge in [0, 0.05) is 26.0 Å². The molecule has 0 atom stereocenters. The normalized spacial score (nSPS) is 11.6. The maximum atomic E-state index is 12.3. The number of anilines is 1. The van der Waals surface area contributed by atoms with Crippen LogP contribution in [0, 0.1) is 6.92 Å². The summed E-state index contributed by atoms with van der Waals surface area (Å²) in [7, 11) is -2.17. The fourth-order valence-corrected chi connectivity index (χ4v) is 3.12. The van der Waals surface area contributed by atoms with Crippen molar-refractivity contribution in [3.8, 4) is 0 Å². The number of carboxylic acids is 1. The molecule has 0 bridgehead atoms. The van der Waals surface area contributed by atoms with E-state index in [-0.39, 0.29) is 10.6 Å². The molecule has 0 saturated heterocycles. The molecule has 0 aromatic carbocycles. The van der Waals surface area contributed by atoms with Gasteiger partial charge in [-0.25, -0.2) is 13.2 Å². The van der Waals surface area contributed by atoms with Gasteiger partial charge in [-0.3, -0.25) is 9.40 Å². The summed E-state index contributed by atoms with van der Waals surface area (Å²) >= 11 is 0. The van der Waals surface area contributed by atoms with Gasteiger partial charge in [-0.1, -0.05) is 0 Å². The third kappa shape index (κ3) is 2.92. The minimum Gasteiger partial charge on any atom is -0.477 e. The zero-order valence-electron chi connectivity index (χ0n) is 11.9. The lowest BCUT2D eigenvalue weighted by molar-refractivity contribution is 0.0685. The van der Waals surface area contributed by atoms with Gasteiger partial charge >= 0.3 is 5.97 Å². The summed E-state index contributed by atoms with van der Waals surface area (Å²) in [6.07, 6.45) is 2.85. The number of carbonyl (C=O) groups is 1. The molecule has 114 valence electrons. The number of hydrogen-bond donors (Lipinski definition) is 2. The van der Waals surface area contributed by atoms with Crippen LogP contribution in [0.1, 0.15) is 23.1 Å². The predicted octanol–water partition coefficient (Wildman–Crippen LogP) is 1.05. The van der Waals surface area contributed by atoms with Crippen molar-refractivity contribution in [2.75, 3.05) is 4.72 Å². The van der Waals surface area contributed by atoms with Crippen LogP contribution in [0.3, 0.4) is 0 Å². The second kappa shape index (κ2) is 5.24. The van der Waals surface area contributed by atoms with E-state index in [4.69, 9.17) is 5.11 Å². The summed E-state index contributed by atoms with van der Waals surface area (Å²) in [4.78, 5) is 11.0. The van der Waals surface area contributed by atoms with E-state index in [1.807, 2.05) is 0 Å². The molecule has 2 aromatic heterocycles. The standard InChI is InChI=1S/C12H16N4O4S/c1-4-16-6-9(5-11(16)12(17)18)21(19,20)14-10-7-15(3)13-8(10)2/h5-7,14H,4H2,1-3H3,(H,17,18). The molecule has 0 radical (unpaired) electrons. The average molecular weight is 312 g/mol. The quantitative estimate of drug-likeness (QED) is 0.858. The molecular formula is C12H16N4O4S. The largest absolute Gasteiger partial charge is 0.477 e. The van der Waals surface area contributed by atoms with E-state index in [9.17, 15) is 13.2 Å². The van der Waals surface area contributed by atoms with E-state index in [0.29, 0.717) is 17.9 Å². The number of nitrogens with one attached hydrogen (secondary N) is 1. The summed E-state index contributed by atoms with van der Waals surface area (Å²) in [6.45, 7) is 3.78. The lowest BCUT2D eigenvalue weighted by atomic mass is 10.4. The number of sulfonamides is 1. The van der Waals surface area contributed by atoms with Gasteiger partial charge in [-0.2, -0.15) is 5.10 Å². The van der Waals surface area contributed by atoms with Crippen LogP contribution in [0.5, 0.6) is 0 Å². The number of aryl methyl sites for hydroxylation is 3. The molecule has 2 heterocycles. The third-order valence-electron chi connectivity index (χ3n) is 3.00. The van der Waals surface area contributed by atoms with E-state index < -0.39 is 16.0 Å². The molecule has 2 rings (SSSR count). The Morgan fingerprint density at radius 1 is 1.43 bits per heavy atom. The number of hydrogen-bond acceptors (Lipinski definition) is 4. The number of carboxylic acid groups (broad SMARTS) is 1. The second-order valence-electron chi connectivity index (χ2n) is 4.56. The minimum atomic E-state index is -3.86. The molecule has 0 spiro atoms. The molecule has 0 amide bonds. The summed E-state index contributed by atoms with van der Waals surface area (Å²) in [6, 6.07) is 1.14. The highest BCUT2D eigenvalue weighted by atomic mass is 32.2. The summed E-state index contributed by atoms with van der Waals surface area (Å²) in [5.74, 6) is -1.17. The lowest BCUT2D eigenvalue weighted by Crippen LogP contribution is -2.12. The zero-order valence-corrected chi connectivity index (χ0v) is 12.7. The molecule has 0 aliphatic carbocycles. The summed E-state index contributed by atoms with van der Waals surface area (Å²) in [5.41, 5.74) is 0.828. The molecule has 0 saturated carbocycles. The molecule has 0 unspecified atom stereocenters. The van der Waals surface area contributed by atoms with Crippen LogP contribution in [0.2, 0.25) is 0 Å². The van der Waals surface area contributed by atoms with Crippen LogP contribution in [0.15, 0.2) is 23.4 Å². The van der Waals surface area contributed by atoms with Crippen LogP contribution < -0.4 is 4.72 Å². The molecular weight excluding hydrogens is 296 g/mol. The van der Waals surface area contributed by atoms with E-state index >= 15 is 0 Å².